The molecule has 2 aromatic carbocycles. The summed E-state index contributed by atoms with van der Waals surface area (Å²) in [4.78, 5) is 10.2. The van der Waals surface area contributed by atoms with Crippen molar-refractivity contribution < 1.29 is 19.4 Å². The van der Waals surface area contributed by atoms with Crippen LogP contribution in [0, 0.1) is 10.7 Å². The van der Waals surface area contributed by atoms with Crippen LogP contribution in [0.1, 0.15) is 5.56 Å². The molecule has 24 heavy (non-hydrogen) atoms. The van der Waals surface area contributed by atoms with Crippen molar-refractivity contribution in [2.75, 3.05) is 6.61 Å². The predicted molar refractivity (Wildman–Crippen MR) is 116 cm³/mol. The van der Waals surface area contributed by atoms with Crippen LogP contribution in [0.25, 0.3) is 0 Å². The van der Waals surface area contributed by atoms with Gasteiger partial charge >= 0.3 is 0 Å². The van der Waals surface area contributed by atoms with E-state index in [-0.39, 0.29) is 18.4 Å². The monoisotopic (exact) mass is 665 g/mol. The second-order valence-corrected chi connectivity index (χ2v) is 8.48. The van der Waals surface area contributed by atoms with Crippen LogP contribution in [0.2, 0.25) is 0 Å². The number of phenols is 1. The molecule has 1 atom stereocenters. The summed E-state index contributed by atoms with van der Waals surface area (Å²) in [5.74, 6) is 1.66. The first kappa shape index (κ1) is 20.0. The minimum atomic E-state index is -0.243. The van der Waals surface area contributed by atoms with Crippen molar-refractivity contribution in [1.82, 2.24) is 0 Å². The van der Waals surface area contributed by atoms with Gasteiger partial charge in [0.15, 0.2) is 5.75 Å². The summed E-state index contributed by atoms with van der Waals surface area (Å²) in [5.41, 5.74) is 6.99. The van der Waals surface area contributed by atoms with Gasteiger partial charge in [0.2, 0.25) is 0 Å². The molecule has 0 fully saturated rings. The third-order valence-electron chi connectivity index (χ3n) is 3.07. The number of rotatable bonds is 7. The zero-order valence-corrected chi connectivity index (χ0v) is 18.8. The lowest BCUT2D eigenvalue weighted by Gasteiger charge is -2.15. The van der Waals surface area contributed by atoms with Gasteiger partial charge in [0, 0.05) is 6.04 Å². The lowest BCUT2D eigenvalue weighted by Crippen LogP contribution is -2.28. The number of hydrogen-bond acceptors (Lipinski definition) is 5. The van der Waals surface area contributed by atoms with Crippen LogP contribution in [0.5, 0.6) is 17.2 Å². The zero-order chi connectivity index (χ0) is 17.7. The second-order valence-electron chi connectivity index (χ2n) is 5.00. The average molecular weight is 665 g/mol. The summed E-state index contributed by atoms with van der Waals surface area (Å²) >= 11 is 6.50. The van der Waals surface area contributed by atoms with E-state index in [2.05, 4.69) is 67.8 Å². The van der Waals surface area contributed by atoms with Crippen molar-refractivity contribution in [2.45, 2.75) is 12.5 Å². The highest BCUT2D eigenvalue weighted by molar-refractivity contribution is 14.1. The van der Waals surface area contributed by atoms with Gasteiger partial charge in [-0.1, -0.05) is 0 Å². The van der Waals surface area contributed by atoms with E-state index in [1.165, 1.54) is 0 Å². The highest BCUT2D eigenvalue weighted by Crippen LogP contribution is 2.34. The number of hydrogen-bond donors (Lipinski definition) is 2. The lowest BCUT2D eigenvalue weighted by atomic mass is 10.1. The van der Waals surface area contributed by atoms with E-state index in [9.17, 15) is 9.90 Å². The highest BCUT2D eigenvalue weighted by Gasteiger charge is 2.13. The normalized spacial score (nSPS) is 11.8. The van der Waals surface area contributed by atoms with E-state index < -0.39 is 0 Å². The van der Waals surface area contributed by atoms with E-state index in [1.807, 2.05) is 12.1 Å². The molecule has 0 aliphatic rings. The molecule has 0 aromatic heterocycles. The Morgan fingerprint density at radius 1 is 1.12 bits per heavy atom. The smallest absolute Gasteiger partial charge is 0.293 e. The first-order valence-corrected chi connectivity index (χ1v) is 10.1. The Morgan fingerprint density at radius 3 is 2.38 bits per heavy atom. The van der Waals surface area contributed by atoms with E-state index >= 15 is 0 Å². The third-order valence-corrected chi connectivity index (χ3v) is 5.54. The molecule has 0 bridgehead atoms. The molecule has 8 heteroatoms. The van der Waals surface area contributed by atoms with Crippen LogP contribution < -0.4 is 10.5 Å². The Kier molecular flexibility index (Phi) is 7.81. The molecule has 128 valence electrons. The first-order valence-electron chi connectivity index (χ1n) is 6.85. The number of carbonyl (C=O) groups excluding carboxylic acids is 1. The molecule has 0 spiro atoms. The fraction of sp³-hybridized carbons (Fsp3) is 0.188. The van der Waals surface area contributed by atoms with Gasteiger partial charge in [0.25, 0.3) is 6.47 Å². The fourth-order valence-corrected chi connectivity index (χ4v) is 4.63. The molecule has 0 saturated heterocycles. The van der Waals surface area contributed by atoms with Crippen LogP contribution >= 0.6 is 67.8 Å². The molecule has 0 heterocycles. The molecule has 0 radical (unpaired) electrons. The van der Waals surface area contributed by atoms with Gasteiger partial charge in [-0.15, -0.1) is 0 Å². The van der Waals surface area contributed by atoms with Crippen LogP contribution in [0.15, 0.2) is 30.3 Å². The van der Waals surface area contributed by atoms with Crippen LogP contribution in [-0.4, -0.2) is 24.2 Å². The van der Waals surface area contributed by atoms with Crippen molar-refractivity contribution in [1.29, 1.82) is 0 Å². The lowest BCUT2D eigenvalue weighted by molar-refractivity contribution is -0.129. The Balaban J connectivity index is 2.17. The topological polar surface area (TPSA) is 81.8 Å². The van der Waals surface area contributed by atoms with E-state index in [1.54, 1.807) is 18.2 Å². The Hall–Kier alpha value is -0.340. The molecule has 0 aliphatic heterocycles. The van der Waals surface area contributed by atoms with Gasteiger partial charge in [0.1, 0.15) is 18.1 Å². The molecule has 1 unspecified atom stereocenters. The van der Waals surface area contributed by atoms with Crippen LogP contribution in [-0.2, 0) is 16.0 Å². The molecule has 0 saturated carbocycles. The summed E-state index contributed by atoms with van der Waals surface area (Å²) in [7, 11) is 0. The largest absolute Gasteiger partial charge is 0.507 e. The van der Waals surface area contributed by atoms with Crippen molar-refractivity contribution in [2.24, 2.45) is 5.73 Å². The molecular weight excluding hydrogens is 651 g/mol. The highest BCUT2D eigenvalue weighted by atomic mass is 127. The summed E-state index contributed by atoms with van der Waals surface area (Å²) < 4.78 is 13.3. The minimum absolute atomic E-state index is 0.195. The zero-order valence-electron chi connectivity index (χ0n) is 12.3. The van der Waals surface area contributed by atoms with Gasteiger partial charge in [0.05, 0.1) is 10.7 Å². The van der Waals surface area contributed by atoms with Gasteiger partial charge in [-0.2, -0.15) is 0 Å². The second kappa shape index (κ2) is 9.38. The van der Waals surface area contributed by atoms with Crippen molar-refractivity contribution >= 4 is 74.2 Å². The van der Waals surface area contributed by atoms with Gasteiger partial charge in [-0.25, -0.2) is 0 Å². The van der Waals surface area contributed by atoms with E-state index in [4.69, 9.17) is 15.2 Å². The summed E-state index contributed by atoms with van der Waals surface area (Å²) in [5, 5.41) is 9.59. The minimum Gasteiger partial charge on any atom is -0.507 e. The van der Waals surface area contributed by atoms with Gasteiger partial charge in [-0.3, -0.25) is 4.79 Å². The number of halogens is 3. The Morgan fingerprint density at radius 2 is 1.79 bits per heavy atom. The molecule has 2 rings (SSSR count). The summed E-state index contributed by atoms with van der Waals surface area (Å²) in [6.45, 7) is 0.601. The van der Waals surface area contributed by atoms with Gasteiger partial charge in [-0.05, 0) is 110 Å². The number of phenolic OH excluding ortho intramolecular Hbond substituents is 1. The molecule has 0 amide bonds. The molecule has 2 aromatic rings. The van der Waals surface area contributed by atoms with Crippen molar-refractivity contribution in [3.8, 4) is 17.2 Å². The molecule has 3 N–H and O–H groups in total. The van der Waals surface area contributed by atoms with Crippen LogP contribution in [0.3, 0.4) is 0 Å². The predicted octanol–water partition coefficient (Wildman–Crippen LogP) is 4.04. The molecular formula is C16H14I3NO4. The average Bonchev–Trinajstić information content (AvgIpc) is 2.52. The Labute approximate surface area is 180 Å². The number of benzene rings is 2. The van der Waals surface area contributed by atoms with Crippen molar-refractivity contribution in [3.63, 3.8) is 0 Å². The number of ether oxygens (including phenoxy) is 2. The number of carbonyl (C=O) groups is 1. The standard InChI is InChI=1S/C16H14I3NO4/c17-12-6-11(1-2-15(12)22)24-16-13(18)4-9(5-14(16)19)3-10(20)7-23-8-21/h1-2,4-6,8,10,22H,3,7,20H2. The van der Waals surface area contributed by atoms with E-state index in [0.717, 1.165) is 22.0 Å². The molecule has 0 aliphatic carbocycles. The maximum absolute atomic E-state index is 10.2. The maximum Gasteiger partial charge on any atom is 0.293 e. The summed E-state index contributed by atoms with van der Waals surface area (Å²) in [6.07, 6.45) is 0.608. The van der Waals surface area contributed by atoms with E-state index in [0.29, 0.717) is 18.6 Å². The van der Waals surface area contributed by atoms with Gasteiger partial charge < -0.3 is 20.3 Å². The third kappa shape index (κ3) is 5.59. The SMILES string of the molecule is NC(COC=O)Cc1cc(I)c(Oc2ccc(O)c(I)c2)c(I)c1. The number of nitrogens with two attached hydrogens (primary N) is 1. The Bertz CT molecular complexity index is 716. The maximum atomic E-state index is 10.2. The molecule has 5 nitrogen and oxygen atoms in total. The van der Waals surface area contributed by atoms with Crippen molar-refractivity contribution in [3.05, 3.63) is 46.6 Å². The van der Waals surface area contributed by atoms with Crippen LogP contribution in [0.4, 0.5) is 0 Å². The first-order chi connectivity index (χ1) is 11.4. The number of aromatic hydroxyl groups is 1. The summed E-state index contributed by atoms with van der Waals surface area (Å²) in [6, 6.07) is 8.88. The quantitative estimate of drug-likeness (QED) is 0.345. The fourth-order valence-electron chi connectivity index (χ4n) is 2.02.